The lowest BCUT2D eigenvalue weighted by Gasteiger charge is -2.33. The van der Waals surface area contributed by atoms with Crippen molar-refractivity contribution >= 4 is 11.8 Å². The first-order valence-electron chi connectivity index (χ1n) is 9.35. The maximum atomic E-state index is 12.6. The second-order valence-corrected chi connectivity index (χ2v) is 7.72. The summed E-state index contributed by atoms with van der Waals surface area (Å²) in [5.74, 6) is 1.95. The first-order chi connectivity index (χ1) is 11.7. The number of hydrogen-bond acceptors (Lipinski definition) is 2. The van der Waals surface area contributed by atoms with Crippen molar-refractivity contribution in [3.8, 4) is 0 Å². The highest BCUT2D eigenvalue weighted by atomic mass is 16.2. The Labute approximate surface area is 143 Å². The summed E-state index contributed by atoms with van der Waals surface area (Å²) < 4.78 is 0. The van der Waals surface area contributed by atoms with Gasteiger partial charge in [0.2, 0.25) is 5.91 Å². The minimum Gasteiger partial charge on any atom is -0.353 e. The van der Waals surface area contributed by atoms with E-state index in [2.05, 4.69) is 5.32 Å². The van der Waals surface area contributed by atoms with E-state index in [1.165, 1.54) is 25.7 Å². The molecule has 3 fully saturated rings. The normalized spacial score (nSPS) is 29.7. The summed E-state index contributed by atoms with van der Waals surface area (Å²) in [6.45, 7) is 1.37. The van der Waals surface area contributed by atoms with Crippen LogP contribution in [0.5, 0.6) is 0 Å². The number of benzene rings is 1. The van der Waals surface area contributed by atoms with Gasteiger partial charge >= 0.3 is 0 Å². The molecule has 1 aromatic rings. The van der Waals surface area contributed by atoms with Crippen LogP contribution in [0.25, 0.3) is 0 Å². The molecule has 3 atom stereocenters. The minimum absolute atomic E-state index is 0.0731. The third-order valence-electron chi connectivity index (χ3n) is 6.24. The Kier molecular flexibility index (Phi) is 4.30. The van der Waals surface area contributed by atoms with Gasteiger partial charge in [-0.05, 0) is 56.1 Å². The fourth-order valence-electron chi connectivity index (χ4n) is 4.83. The highest BCUT2D eigenvalue weighted by molar-refractivity contribution is 5.94. The second kappa shape index (κ2) is 6.58. The number of rotatable bonds is 3. The molecule has 1 aromatic carbocycles. The Hall–Kier alpha value is -1.84. The molecule has 0 radical (unpaired) electrons. The van der Waals surface area contributed by atoms with Gasteiger partial charge in [0.25, 0.3) is 5.91 Å². The van der Waals surface area contributed by atoms with Crippen LogP contribution in [0.4, 0.5) is 0 Å². The van der Waals surface area contributed by atoms with Gasteiger partial charge in [0.1, 0.15) is 0 Å². The molecule has 1 saturated heterocycles. The molecule has 1 aliphatic heterocycles. The fourth-order valence-corrected chi connectivity index (χ4v) is 4.83. The third-order valence-corrected chi connectivity index (χ3v) is 6.24. The Morgan fingerprint density at radius 3 is 2.33 bits per heavy atom. The van der Waals surface area contributed by atoms with Crippen molar-refractivity contribution in [1.29, 1.82) is 0 Å². The zero-order valence-electron chi connectivity index (χ0n) is 14.1. The van der Waals surface area contributed by atoms with Crippen LogP contribution < -0.4 is 5.32 Å². The van der Waals surface area contributed by atoms with Gasteiger partial charge in [-0.1, -0.05) is 24.6 Å². The Morgan fingerprint density at radius 1 is 0.958 bits per heavy atom. The summed E-state index contributed by atoms with van der Waals surface area (Å²) in [5.41, 5.74) is 0.738. The van der Waals surface area contributed by atoms with E-state index in [1.807, 2.05) is 35.2 Å². The van der Waals surface area contributed by atoms with Crippen LogP contribution in [-0.4, -0.2) is 35.8 Å². The fraction of sp³-hybridized carbons (Fsp3) is 0.600. The van der Waals surface area contributed by atoms with Crippen molar-refractivity contribution in [2.45, 2.75) is 44.6 Å². The summed E-state index contributed by atoms with van der Waals surface area (Å²) in [6.07, 6.45) is 6.71. The molecule has 3 aliphatic rings. The first-order valence-corrected chi connectivity index (χ1v) is 9.35. The van der Waals surface area contributed by atoms with Crippen molar-refractivity contribution in [2.75, 3.05) is 13.1 Å². The van der Waals surface area contributed by atoms with Crippen LogP contribution in [0.3, 0.4) is 0 Å². The molecule has 1 heterocycles. The molecule has 0 aromatic heterocycles. The lowest BCUT2D eigenvalue weighted by atomic mass is 9.92. The number of likely N-dealkylation sites (tertiary alicyclic amines) is 1. The van der Waals surface area contributed by atoms with E-state index in [0.29, 0.717) is 19.1 Å². The van der Waals surface area contributed by atoms with E-state index in [1.54, 1.807) is 0 Å². The van der Waals surface area contributed by atoms with Gasteiger partial charge in [-0.3, -0.25) is 9.59 Å². The first kappa shape index (κ1) is 15.7. The SMILES string of the molecule is O=C(NC1CC2CCC1C2)C1CCN(C(=O)c2ccccc2)CC1. The van der Waals surface area contributed by atoms with Crippen molar-refractivity contribution in [3.05, 3.63) is 35.9 Å². The molecule has 24 heavy (non-hydrogen) atoms. The van der Waals surface area contributed by atoms with E-state index in [0.717, 1.165) is 30.2 Å². The predicted molar refractivity (Wildman–Crippen MR) is 92.4 cm³/mol. The Balaban J connectivity index is 1.28. The molecule has 2 bridgehead atoms. The molecule has 2 saturated carbocycles. The number of fused-ring (bicyclic) bond motifs is 2. The quantitative estimate of drug-likeness (QED) is 0.928. The van der Waals surface area contributed by atoms with Gasteiger partial charge in [0.05, 0.1) is 0 Å². The second-order valence-electron chi connectivity index (χ2n) is 7.72. The highest BCUT2D eigenvalue weighted by Gasteiger charge is 2.41. The maximum Gasteiger partial charge on any atom is 0.253 e. The molecule has 0 spiro atoms. The van der Waals surface area contributed by atoms with Crippen molar-refractivity contribution < 1.29 is 9.59 Å². The average molecular weight is 326 g/mol. The van der Waals surface area contributed by atoms with Gasteiger partial charge in [-0.2, -0.15) is 0 Å². The van der Waals surface area contributed by atoms with Crippen molar-refractivity contribution in [2.24, 2.45) is 17.8 Å². The lowest BCUT2D eigenvalue weighted by Crippen LogP contribution is -2.46. The molecular formula is C20H26N2O2. The predicted octanol–water partition coefficient (Wildman–Crippen LogP) is 2.84. The van der Waals surface area contributed by atoms with E-state index in [4.69, 9.17) is 0 Å². The molecular weight excluding hydrogens is 300 g/mol. The molecule has 3 unspecified atom stereocenters. The number of carbonyl (C=O) groups is 2. The number of hydrogen-bond donors (Lipinski definition) is 1. The summed E-state index contributed by atoms with van der Waals surface area (Å²) in [7, 11) is 0. The van der Waals surface area contributed by atoms with E-state index in [-0.39, 0.29) is 17.7 Å². The van der Waals surface area contributed by atoms with Gasteiger partial charge in [0, 0.05) is 30.6 Å². The average Bonchev–Trinajstić information content (AvgIpc) is 3.25. The van der Waals surface area contributed by atoms with Crippen LogP contribution >= 0.6 is 0 Å². The molecule has 4 nitrogen and oxygen atoms in total. The van der Waals surface area contributed by atoms with Crippen LogP contribution in [-0.2, 0) is 4.79 Å². The number of nitrogens with zero attached hydrogens (tertiary/aromatic N) is 1. The highest BCUT2D eigenvalue weighted by Crippen LogP contribution is 2.44. The van der Waals surface area contributed by atoms with E-state index < -0.39 is 0 Å². The molecule has 4 heteroatoms. The zero-order valence-corrected chi connectivity index (χ0v) is 14.1. The standard InChI is InChI=1S/C20H26N2O2/c23-19(21-18-13-14-6-7-17(18)12-14)15-8-10-22(11-9-15)20(24)16-4-2-1-3-5-16/h1-5,14-15,17-18H,6-13H2,(H,21,23). The van der Waals surface area contributed by atoms with E-state index >= 15 is 0 Å². The van der Waals surface area contributed by atoms with Gasteiger partial charge in [-0.15, -0.1) is 0 Å². The minimum atomic E-state index is 0.0731. The Morgan fingerprint density at radius 2 is 1.71 bits per heavy atom. The van der Waals surface area contributed by atoms with Crippen LogP contribution in [0.15, 0.2) is 30.3 Å². The largest absolute Gasteiger partial charge is 0.353 e. The zero-order chi connectivity index (χ0) is 16.5. The Bertz CT molecular complexity index is 607. The van der Waals surface area contributed by atoms with E-state index in [9.17, 15) is 9.59 Å². The summed E-state index contributed by atoms with van der Waals surface area (Å²) in [6, 6.07) is 9.83. The summed E-state index contributed by atoms with van der Waals surface area (Å²) in [4.78, 5) is 26.9. The lowest BCUT2D eigenvalue weighted by molar-refractivity contribution is -0.127. The molecule has 2 amide bonds. The van der Waals surface area contributed by atoms with Crippen molar-refractivity contribution in [1.82, 2.24) is 10.2 Å². The number of carbonyl (C=O) groups excluding carboxylic acids is 2. The smallest absolute Gasteiger partial charge is 0.253 e. The van der Waals surface area contributed by atoms with Gasteiger partial charge in [-0.25, -0.2) is 0 Å². The topological polar surface area (TPSA) is 49.4 Å². The monoisotopic (exact) mass is 326 g/mol. The molecule has 128 valence electrons. The summed E-state index contributed by atoms with van der Waals surface area (Å²) >= 11 is 0. The van der Waals surface area contributed by atoms with Gasteiger partial charge in [0.15, 0.2) is 0 Å². The molecule has 2 aliphatic carbocycles. The maximum absolute atomic E-state index is 12.6. The number of piperidine rings is 1. The van der Waals surface area contributed by atoms with Crippen LogP contribution in [0.2, 0.25) is 0 Å². The van der Waals surface area contributed by atoms with Crippen LogP contribution in [0, 0.1) is 17.8 Å². The van der Waals surface area contributed by atoms with Crippen LogP contribution in [0.1, 0.15) is 48.9 Å². The third kappa shape index (κ3) is 3.06. The number of amides is 2. The molecule has 1 N–H and O–H groups in total. The summed E-state index contributed by atoms with van der Waals surface area (Å²) in [5, 5.41) is 3.31. The molecule has 4 rings (SSSR count). The number of nitrogens with one attached hydrogen (secondary N) is 1. The van der Waals surface area contributed by atoms with Gasteiger partial charge < -0.3 is 10.2 Å². The van der Waals surface area contributed by atoms with Crippen molar-refractivity contribution in [3.63, 3.8) is 0 Å².